The van der Waals surface area contributed by atoms with E-state index in [2.05, 4.69) is 6.08 Å². The van der Waals surface area contributed by atoms with Crippen LogP contribution in [0.25, 0.3) is 11.6 Å². The molecule has 0 saturated heterocycles. The molecule has 108 valence electrons. The summed E-state index contributed by atoms with van der Waals surface area (Å²) in [6.45, 7) is 4.04. The lowest BCUT2D eigenvalue weighted by Crippen LogP contribution is -2.32. The van der Waals surface area contributed by atoms with E-state index >= 15 is 0 Å². The normalized spacial score (nSPS) is 15.7. The molecule has 0 unspecified atom stereocenters. The Morgan fingerprint density at radius 1 is 1.10 bits per heavy atom. The Kier molecular flexibility index (Phi) is 3.13. The zero-order valence-electron chi connectivity index (χ0n) is 12.4. The molecule has 1 aliphatic heterocycles. The molecule has 1 heterocycles. The zero-order chi connectivity index (χ0) is 15.0. The molecule has 3 rings (SSSR count). The fraction of sp³-hybridized carbons (Fsp3) is 0.222. The summed E-state index contributed by atoms with van der Waals surface area (Å²) in [6.07, 6.45) is 2.10. The van der Waals surface area contributed by atoms with Crippen LogP contribution in [0.4, 0.5) is 0 Å². The molecule has 21 heavy (non-hydrogen) atoms. The van der Waals surface area contributed by atoms with Crippen molar-refractivity contribution in [1.82, 2.24) is 0 Å². The van der Waals surface area contributed by atoms with Crippen molar-refractivity contribution < 1.29 is 14.6 Å². The summed E-state index contributed by atoms with van der Waals surface area (Å²) in [7, 11) is 1.66. The van der Waals surface area contributed by atoms with E-state index in [1.807, 2.05) is 44.2 Å². The summed E-state index contributed by atoms with van der Waals surface area (Å²) in [5, 5.41) is 9.59. The Balaban J connectivity index is 2.13. The Morgan fingerprint density at radius 2 is 1.90 bits per heavy atom. The van der Waals surface area contributed by atoms with Crippen LogP contribution < -0.4 is 9.47 Å². The van der Waals surface area contributed by atoms with E-state index < -0.39 is 5.60 Å². The highest BCUT2D eigenvalue weighted by molar-refractivity contribution is 5.89. The molecule has 0 aliphatic carbocycles. The Bertz CT molecular complexity index is 714. The average molecular weight is 282 g/mol. The molecule has 3 nitrogen and oxygen atoms in total. The van der Waals surface area contributed by atoms with E-state index in [9.17, 15) is 5.11 Å². The molecular weight excluding hydrogens is 264 g/mol. The van der Waals surface area contributed by atoms with Crippen LogP contribution in [0.2, 0.25) is 0 Å². The van der Waals surface area contributed by atoms with E-state index in [0.717, 1.165) is 22.4 Å². The molecule has 0 spiro atoms. The maximum absolute atomic E-state index is 9.59. The minimum Gasteiger partial charge on any atom is -0.508 e. The quantitative estimate of drug-likeness (QED) is 0.900. The van der Waals surface area contributed by atoms with Gasteiger partial charge in [-0.3, -0.25) is 0 Å². The molecule has 0 saturated carbocycles. The number of aromatic hydroxyl groups is 1. The van der Waals surface area contributed by atoms with Crippen molar-refractivity contribution in [2.45, 2.75) is 19.4 Å². The number of hydrogen-bond donors (Lipinski definition) is 1. The van der Waals surface area contributed by atoms with Gasteiger partial charge < -0.3 is 14.6 Å². The Labute approximate surface area is 124 Å². The number of ether oxygens (including phenoxy) is 2. The van der Waals surface area contributed by atoms with Crippen LogP contribution in [0.1, 0.15) is 25.0 Å². The summed E-state index contributed by atoms with van der Waals surface area (Å²) in [5.74, 6) is 1.73. The second-order valence-electron chi connectivity index (χ2n) is 5.62. The predicted octanol–water partition coefficient (Wildman–Crippen LogP) is 4.11. The van der Waals surface area contributed by atoms with Gasteiger partial charge in [-0.1, -0.05) is 12.1 Å². The van der Waals surface area contributed by atoms with Gasteiger partial charge in [-0.2, -0.15) is 0 Å². The van der Waals surface area contributed by atoms with Crippen LogP contribution >= 0.6 is 0 Å². The first-order valence-corrected chi connectivity index (χ1v) is 6.88. The lowest BCUT2D eigenvalue weighted by Gasteiger charge is -2.34. The smallest absolute Gasteiger partial charge is 0.131 e. The number of methoxy groups -OCH3 is 1. The van der Waals surface area contributed by atoms with Crippen LogP contribution in [0.15, 0.2) is 42.5 Å². The average Bonchev–Trinajstić information content (AvgIpc) is 2.45. The standard InChI is InChI=1S/C18H18O3/c1-18(2)16(12-5-4-6-15(9-12)20-3)10-13-7-8-14(19)11-17(13)21-18/h4-11,19H,1-3H3. The lowest BCUT2D eigenvalue weighted by molar-refractivity contribution is 0.169. The Morgan fingerprint density at radius 3 is 2.67 bits per heavy atom. The minimum atomic E-state index is -0.479. The lowest BCUT2D eigenvalue weighted by atomic mass is 9.87. The third kappa shape index (κ3) is 2.47. The highest BCUT2D eigenvalue weighted by Gasteiger charge is 2.31. The van der Waals surface area contributed by atoms with Crippen LogP contribution in [0.3, 0.4) is 0 Å². The third-order valence-electron chi connectivity index (χ3n) is 3.69. The van der Waals surface area contributed by atoms with Crippen LogP contribution in [0.5, 0.6) is 17.2 Å². The third-order valence-corrected chi connectivity index (χ3v) is 3.69. The van der Waals surface area contributed by atoms with E-state index in [-0.39, 0.29) is 5.75 Å². The Hall–Kier alpha value is -2.42. The fourth-order valence-corrected chi connectivity index (χ4v) is 2.61. The van der Waals surface area contributed by atoms with Crippen molar-refractivity contribution in [3.05, 3.63) is 53.6 Å². The number of phenolic OH excluding ortho intramolecular Hbond substituents is 1. The fourth-order valence-electron chi connectivity index (χ4n) is 2.61. The number of benzene rings is 2. The maximum atomic E-state index is 9.59. The number of rotatable bonds is 2. The molecular formula is C18H18O3. The molecule has 0 radical (unpaired) electrons. The molecule has 0 bridgehead atoms. The molecule has 0 atom stereocenters. The van der Waals surface area contributed by atoms with Gasteiger partial charge in [0, 0.05) is 17.2 Å². The van der Waals surface area contributed by atoms with Gasteiger partial charge in [-0.15, -0.1) is 0 Å². The van der Waals surface area contributed by atoms with Crippen molar-refractivity contribution in [2.75, 3.05) is 7.11 Å². The van der Waals surface area contributed by atoms with E-state index in [0.29, 0.717) is 5.75 Å². The first kappa shape index (κ1) is 13.6. The summed E-state index contributed by atoms with van der Waals surface area (Å²) in [4.78, 5) is 0. The SMILES string of the molecule is COc1cccc(C2=Cc3ccc(O)cc3OC2(C)C)c1. The van der Waals surface area contributed by atoms with Crippen LogP contribution in [0, 0.1) is 0 Å². The number of phenols is 1. The largest absolute Gasteiger partial charge is 0.508 e. The van der Waals surface area contributed by atoms with Crippen LogP contribution in [-0.2, 0) is 0 Å². The molecule has 1 N–H and O–H groups in total. The van der Waals surface area contributed by atoms with E-state index in [4.69, 9.17) is 9.47 Å². The van der Waals surface area contributed by atoms with Crippen molar-refractivity contribution >= 4 is 11.6 Å². The van der Waals surface area contributed by atoms with Gasteiger partial charge in [0.05, 0.1) is 7.11 Å². The predicted molar refractivity (Wildman–Crippen MR) is 83.7 cm³/mol. The maximum Gasteiger partial charge on any atom is 0.131 e. The van der Waals surface area contributed by atoms with Crippen molar-refractivity contribution in [3.63, 3.8) is 0 Å². The molecule has 2 aromatic rings. The minimum absolute atomic E-state index is 0.211. The topological polar surface area (TPSA) is 38.7 Å². The number of hydrogen-bond acceptors (Lipinski definition) is 3. The van der Waals surface area contributed by atoms with Gasteiger partial charge in [0.2, 0.25) is 0 Å². The number of fused-ring (bicyclic) bond motifs is 1. The first-order chi connectivity index (χ1) is 9.99. The van der Waals surface area contributed by atoms with Gasteiger partial charge in [-0.25, -0.2) is 0 Å². The highest BCUT2D eigenvalue weighted by atomic mass is 16.5. The summed E-state index contributed by atoms with van der Waals surface area (Å²) in [5.41, 5.74) is 2.63. The molecule has 0 amide bonds. The summed E-state index contributed by atoms with van der Waals surface area (Å²) < 4.78 is 11.4. The highest BCUT2D eigenvalue weighted by Crippen LogP contribution is 2.42. The zero-order valence-corrected chi connectivity index (χ0v) is 12.4. The van der Waals surface area contributed by atoms with Gasteiger partial charge in [-0.05, 0) is 49.8 Å². The monoisotopic (exact) mass is 282 g/mol. The van der Waals surface area contributed by atoms with Crippen molar-refractivity contribution in [3.8, 4) is 17.2 Å². The molecule has 1 aliphatic rings. The van der Waals surface area contributed by atoms with Gasteiger partial charge in [0.25, 0.3) is 0 Å². The first-order valence-electron chi connectivity index (χ1n) is 6.88. The molecule has 2 aromatic carbocycles. The molecule has 0 aromatic heterocycles. The molecule has 3 heteroatoms. The van der Waals surface area contributed by atoms with Crippen LogP contribution in [-0.4, -0.2) is 17.8 Å². The second-order valence-corrected chi connectivity index (χ2v) is 5.62. The summed E-state index contributed by atoms with van der Waals surface area (Å²) >= 11 is 0. The van der Waals surface area contributed by atoms with Gasteiger partial charge in [0.15, 0.2) is 0 Å². The van der Waals surface area contributed by atoms with Crippen molar-refractivity contribution in [2.24, 2.45) is 0 Å². The van der Waals surface area contributed by atoms with Gasteiger partial charge in [0.1, 0.15) is 22.8 Å². The molecule has 0 fully saturated rings. The second kappa shape index (κ2) is 4.85. The summed E-state index contributed by atoms with van der Waals surface area (Å²) in [6, 6.07) is 13.1. The van der Waals surface area contributed by atoms with Crippen molar-refractivity contribution in [1.29, 1.82) is 0 Å². The van der Waals surface area contributed by atoms with Gasteiger partial charge >= 0.3 is 0 Å². The van der Waals surface area contributed by atoms with E-state index in [1.54, 1.807) is 19.2 Å². The van der Waals surface area contributed by atoms with E-state index in [1.165, 1.54) is 0 Å².